The Balaban J connectivity index is 1.45. The van der Waals surface area contributed by atoms with E-state index in [0.29, 0.717) is 17.1 Å². The van der Waals surface area contributed by atoms with Crippen LogP contribution < -0.4 is 9.47 Å². The summed E-state index contributed by atoms with van der Waals surface area (Å²) in [6.45, 7) is 8.61. The molecule has 3 aromatic rings. The maximum atomic E-state index is 11.6. The van der Waals surface area contributed by atoms with Gasteiger partial charge in [0.25, 0.3) is 0 Å². The van der Waals surface area contributed by atoms with Crippen LogP contribution in [0.25, 0.3) is 0 Å². The Bertz CT molecular complexity index is 1110. The highest BCUT2D eigenvalue weighted by Crippen LogP contribution is 2.17. The number of benzene rings is 3. The monoisotopic (exact) mass is 440 g/mol. The lowest BCUT2D eigenvalue weighted by molar-refractivity contribution is -0.130. The van der Waals surface area contributed by atoms with Crippen LogP contribution in [0.2, 0.25) is 0 Å². The van der Waals surface area contributed by atoms with Crippen LogP contribution in [0.4, 0.5) is 0 Å². The summed E-state index contributed by atoms with van der Waals surface area (Å²) >= 11 is 0. The quantitative estimate of drug-likeness (QED) is 0.226. The Morgan fingerprint density at radius 2 is 1.00 bits per heavy atom. The predicted octanol–water partition coefficient (Wildman–Crippen LogP) is 5.83. The highest BCUT2D eigenvalue weighted by molar-refractivity contribution is 5.88. The molecule has 4 nitrogen and oxygen atoms in total. The van der Waals surface area contributed by atoms with Crippen LogP contribution in [0.1, 0.15) is 29.2 Å². The van der Waals surface area contributed by atoms with Gasteiger partial charge < -0.3 is 9.47 Å². The molecule has 168 valence electrons. The Morgan fingerprint density at radius 1 is 0.667 bits per heavy atom. The second kappa shape index (κ2) is 11.6. The number of hydrogen-bond donors (Lipinski definition) is 0. The van der Waals surface area contributed by atoms with Crippen molar-refractivity contribution in [2.24, 2.45) is 0 Å². The lowest BCUT2D eigenvalue weighted by Gasteiger charge is -2.07. The lowest BCUT2D eigenvalue weighted by atomic mass is 10.0. The second-order valence-corrected chi connectivity index (χ2v) is 7.90. The van der Waals surface area contributed by atoms with Gasteiger partial charge in [-0.15, -0.1) is 0 Å². The molecular formula is C29H28O4. The zero-order valence-electron chi connectivity index (χ0n) is 18.9. The topological polar surface area (TPSA) is 52.6 Å². The standard InChI is InChI=1S/C29H28O4/c1-4-28(30)32-26-17-13-24(14-18-26)11-9-22-5-7-23(8-6-22)10-12-25-15-19-27(20-16-25)33-29(31)21(2)3/h4-8,13-20H,1-2,9-12H2,3H3. The van der Waals surface area contributed by atoms with Gasteiger partial charge in [-0.25, -0.2) is 9.59 Å². The van der Waals surface area contributed by atoms with E-state index in [0.717, 1.165) is 31.8 Å². The van der Waals surface area contributed by atoms with Crippen LogP contribution >= 0.6 is 0 Å². The Kier molecular flexibility index (Phi) is 8.36. The first-order valence-electron chi connectivity index (χ1n) is 10.9. The smallest absolute Gasteiger partial charge is 0.338 e. The molecule has 0 bridgehead atoms. The maximum absolute atomic E-state index is 11.6. The van der Waals surface area contributed by atoms with Gasteiger partial charge in [0.1, 0.15) is 11.5 Å². The third-order valence-electron chi connectivity index (χ3n) is 5.22. The number of aryl methyl sites for hydroxylation is 4. The Labute approximate surface area is 195 Å². The average Bonchev–Trinajstić information content (AvgIpc) is 2.83. The van der Waals surface area contributed by atoms with Gasteiger partial charge in [0.2, 0.25) is 0 Å². The van der Waals surface area contributed by atoms with Crippen LogP contribution in [0, 0.1) is 0 Å². The van der Waals surface area contributed by atoms with E-state index < -0.39 is 11.9 Å². The normalized spacial score (nSPS) is 10.3. The molecule has 0 saturated heterocycles. The first kappa shape index (κ1) is 23.7. The maximum Gasteiger partial charge on any atom is 0.338 e. The van der Waals surface area contributed by atoms with Gasteiger partial charge in [-0.3, -0.25) is 0 Å². The fourth-order valence-corrected chi connectivity index (χ4v) is 3.25. The van der Waals surface area contributed by atoms with Gasteiger partial charge in [-0.05, 0) is 79.1 Å². The number of carbonyl (C=O) groups is 2. The molecule has 0 fully saturated rings. The molecule has 3 aromatic carbocycles. The zero-order valence-corrected chi connectivity index (χ0v) is 18.9. The molecule has 0 spiro atoms. The minimum Gasteiger partial charge on any atom is -0.423 e. The molecule has 0 amide bonds. The molecule has 0 aromatic heterocycles. The molecule has 0 atom stereocenters. The van der Waals surface area contributed by atoms with E-state index in [1.807, 2.05) is 36.4 Å². The van der Waals surface area contributed by atoms with Gasteiger partial charge in [-0.1, -0.05) is 61.7 Å². The molecular weight excluding hydrogens is 412 g/mol. The SMILES string of the molecule is C=CC(=O)Oc1ccc(CCc2ccc(CCc3ccc(OC(=O)C(=C)C)cc3)cc2)cc1. The number of ether oxygens (including phenoxy) is 2. The summed E-state index contributed by atoms with van der Waals surface area (Å²) in [7, 11) is 0. The fourth-order valence-electron chi connectivity index (χ4n) is 3.25. The van der Waals surface area contributed by atoms with Crippen molar-refractivity contribution in [3.63, 3.8) is 0 Å². The Morgan fingerprint density at radius 3 is 1.33 bits per heavy atom. The van der Waals surface area contributed by atoms with Gasteiger partial charge in [0, 0.05) is 11.6 Å². The Hall–Kier alpha value is -3.92. The average molecular weight is 441 g/mol. The van der Waals surface area contributed by atoms with Crippen molar-refractivity contribution in [3.05, 3.63) is 120 Å². The lowest BCUT2D eigenvalue weighted by Crippen LogP contribution is -2.08. The van der Waals surface area contributed by atoms with Gasteiger partial charge in [0.05, 0.1) is 0 Å². The zero-order chi connectivity index (χ0) is 23.6. The number of hydrogen-bond acceptors (Lipinski definition) is 4. The molecule has 0 radical (unpaired) electrons. The van der Waals surface area contributed by atoms with Crippen LogP contribution in [0.15, 0.2) is 97.6 Å². The molecule has 0 aliphatic carbocycles. The van der Waals surface area contributed by atoms with E-state index in [1.54, 1.807) is 19.1 Å². The fraction of sp³-hybridized carbons (Fsp3) is 0.172. The predicted molar refractivity (Wildman–Crippen MR) is 130 cm³/mol. The summed E-state index contributed by atoms with van der Waals surface area (Å²) in [5, 5.41) is 0. The van der Waals surface area contributed by atoms with E-state index in [2.05, 4.69) is 37.4 Å². The summed E-state index contributed by atoms with van der Waals surface area (Å²) in [5.74, 6) is 0.192. The van der Waals surface area contributed by atoms with Crippen molar-refractivity contribution < 1.29 is 19.1 Å². The third-order valence-corrected chi connectivity index (χ3v) is 5.22. The van der Waals surface area contributed by atoms with Crippen molar-refractivity contribution in [2.75, 3.05) is 0 Å². The van der Waals surface area contributed by atoms with E-state index in [4.69, 9.17) is 9.47 Å². The highest BCUT2D eigenvalue weighted by Gasteiger charge is 2.05. The van der Waals surface area contributed by atoms with E-state index in [1.165, 1.54) is 22.3 Å². The van der Waals surface area contributed by atoms with E-state index in [-0.39, 0.29) is 0 Å². The van der Waals surface area contributed by atoms with E-state index >= 15 is 0 Å². The summed E-state index contributed by atoms with van der Waals surface area (Å²) in [4.78, 5) is 22.8. The van der Waals surface area contributed by atoms with Crippen LogP contribution in [0.5, 0.6) is 11.5 Å². The number of carbonyl (C=O) groups excluding carboxylic acids is 2. The molecule has 0 unspecified atom stereocenters. The van der Waals surface area contributed by atoms with Crippen molar-refractivity contribution in [1.82, 2.24) is 0 Å². The van der Waals surface area contributed by atoms with Gasteiger partial charge >= 0.3 is 11.9 Å². The molecule has 3 rings (SSSR count). The molecule has 0 aliphatic heterocycles. The minimum atomic E-state index is -0.455. The van der Waals surface area contributed by atoms with Crippen LogP contribution in [0.3, 0.4) is 0 Å². The molecule has 33 heavy (non-hydrogen) atoms. The second-order valence-electron chi connectivity index (χ2n) is 7.90. The number of esters is 2. The third kappa shape index (κ3) is 7.62. The van der Waals surface area contributed by atoms with Crippen molar-refractivity contribution in [1.29, 1.82) is 0 Å². The molecule has 4 heteroatoms. The van der Waals surface area contributed by atoms with Crippen LogP contribution in [-0.4, -0.2) is 11.9 Å². The van der Waals surface area contributed by atoms with Crippen LogP contribution in [-0.2, 0) is 35.3 Å². The molecule has 0 heterocycles. The molecule has 0 saturated carbocycles. The van der Waals surface area contributed by atoms with Gasteiger partial charge in [0.15, 0.2) is 0 Å². The van der Waals surface area contributed by atoms with Crippen molar-refractivity contribution >= 4 is 11.9 Å². The van der Waals surface area contributed by atoms with Gasteiger partial charge in [-0.2, -0.15) is 0 Å². The largest absolute Gasteiger partial charge is 0.423 e. The molecule has 0 aliphatic rings. The summed E-state index contributed by atoms with van der Waals surface area (Å²) in [6, 6.07) is 23.9. The van der Waals surface area contributed by atoms with Crippen molar-refractivity contribution in [2.45, 2.75) is 32.6 Å². The van der Waals surface area contributed by atoms with E-state index in [9.17, 15) is 9.59 Å². The first-order chi connectivity index (χ1) is 15.9. The summed E-state index contributed by atoms with van der Waals surface area (Å²) in [5.41, 5.74) is 5.33. The molecule has 0 N–H and O–H groups in total. The highest BCUT2D eigenvalue weighted by atomic mass is 16.5. The summed E-state index contributed by atoms with van der Waals surface area (Å²) in [6.07, 6.45) is 4.86. The summed E-state index contributed by atoms with van der Waals surface area (Å²) < 4.78 is 10.3. The first-order valence-corrected chi connectivity index (χ1v) is 10.9. The minimum absolute atomic E-state index is 0.381. The number of rotatable bonds is 10. The van der Waals surface area contributed by atoms with Crippen molar-refractivity contribution in [3.8, 4) is 11.5 Å².